The Labute approximate surface area is 190 Å². The SMILES string of the molecule is COc1ncc(-c2ccc(OCF)cc2)cc1Nc1nc(N2C[C@@H](C)O[C@@H](C)C2)ncc1F. The van der Waals surface area contributed by atoms with Crippen molar-refractivity contribution in [3.05, 3.63) is 48.5 Å². The maximum absolute atomic E-state index is 14.6. The molecule has 1 N–H and O–H groups in total. The van der Waals surface area contributed by atoms with Crippen molar-refractivity contribution >= 4 is 17.5 Å². The molecule has 0 aliphatic carbocycles. The first-order valence-electron chi connectivity index (χ1n) is 10.5. The van der Waals surface area contributed by atoms with Crippen LogP contribution >= 0.6 is 0 Å². The molecule has 10 heteroatoms. The van der Waals surface area contributed by atoms with Crippen molar-refractivity contribution in [3.63, 3.8) is 0 Å². The standard InChI is InChI=1S/C23H25F2N5O3/c1-14-11-30(12-15(2)33-14)23-27-10-19(25)21(29-23)28-20-8-17(9-26-22(20)31-3)16-4-6-18(7-5-16)32-13-24/h4-10,14-15H,11-13H2,1-3H3,(H,27,28,29)/t14-,15+. The summed E-state index contributed by atoms with van der Waals surface area (Å²) >= 11 is 0. The molecule has 0 radical (unpaired) electrons. The van der Waals surface area contributed by atoms with Gasteiger partial charge in [0.1, 0.15) is 11.4 Å². The first kappa shape index (κ1) is 22.7. The van der Waals surface area contributed by atoms with Gasteiger partial charge in [0, 0.05) is 24.8 Å². The molecule has 1 fully saturated rings. The third-order valence-electron chi connectivity index (χ3n) is 5.14. The predicted octanol–water partition coefficient (Wildman–Crippen LogP) is 4.35. The molecular weight excluding hydrogens is 432 g/mol. The Morgan fingerprint density at radius 3 is 2.48 bits per heavy atom. The highest BCUT2D eigenvalue weighted by Gasteiger charge is 2.25. The second-order valence-electron chi connectivity index (χ2n) is 7.71. The van der Waals surface area contributed by atoms with Gasteiger partial charge >= 0.3 is 0 Å². The topological polar surface area (TPSA) is 81.6 Å². The molecule has 1 saturated heterocycles. The van der Waals surface area contributed by atoms with Crippen LogP contribution in [-0.2, 0) is 4.74 Å². The number of halogens is 2. The lowest BCUT2D eigenvalue weighted by Gasteiger charge is -2.35. The normalized spacial score (nSPS) is 18.2. The molecule has 2 aromatic heterocycles. The van der Waals surface area contributed by atoms with Crippen LogP contribution in [0.1, 0.15) is 13.8 Å². The van der Waals surface area contributed by atoms with E-state index in [0.29, 0.717) is 30.5 Å². The summed E-state index contributed by atoms with van der Waals surface area (Å²) in [6.07, 6.45) is 2.80. The van der Waals surface area contributed by atoms with Crippen LogP contribution in [-0.4, -0.2) is 54.2 Å². The Bertz CT molecular complexity index is 1090. The van der Waals surface area contributed by atoms with Crippen molar-refractivity contribution in [1.82, 2.24) is 15.0 Å². The van der Waals surface area contributed by atoms with Crippen LogP contribution < -0.4 is 19.7 Å². The van der Waals surface area contributed by atoms with Gasteiger partial charge in [-0.1, -0.05) is 12.1 Å². The number of benzene rings is 1. The highest BCUT2D eigenvalue weighted by atomic mass is 19.1. The van der Waals surface area contributed by atoms with Crippen LogP contribution in [0.15, 0.2) is 42.7 Å². The Hall–Kier alpha value is -3.53. The van der Waals surface area contributed by atoms with Crippen LogP contribution in [0.2, 0.25) is 0 Å². The van der Waals surface area contributed by atoms with E-state index in [2.05, 4.69) is 20.3 Å². The summed E-state index contributed by atoms with van der Waals surface area (Å²) in [5, 5.41) is 2.99. The van der Waals surface area contributed by atoms with E-state index >= 15 is 0 Å². The molecule has 4 rings (SSSR count). The minimum atomic E-state index is -0.897. The molecule has 1 aliphatic rings. The van der Waals surface area contributed by atoms with E-state index in [-0.39, 0.29) is 23.9 Å². The monoisotopic (exact) mass is 457 g/mol. The summed E-state index contributed by atoms with van der Waals surface area (Å²) in [4.78, 5) is 14.9. The highest BCUT2D eigenvalue weighted by Crippen LogP contribution is 2.32. The number of aromatic nitrogens is 3. The average molecular weight is 457 g/mol. The maximum Gasteiger partial charge on any atom is 0.237 e. The fourth-order valence-electron chi connectivity index (χ4n) is 3.74. The minimum absolute atomic E-state index is 0.00995. The van der Waals surface area contributed by atoms with Gasteiger partial charge in [-0.15, -0.1) is 0 Å². The van der Waals surface area contributed by atoms with E-state index in [1.165, 1.54) is 7.11 Å². The number of rotatable bonds is 7. The van der Waals surface area contributed by atoms with Crippen LogP contribution in [0, 0.1) is 5.82 Å². The molecule has 0 spiro atoms. The number of pyridine rings is 1. The van der Waals surface area contributed by atoms with Gasteiger partial charge in [-0.3, -0.25) is 0 Å². The van der Waals surface area contributed by atoms with Crippen molar-refractivity contribution in [2.75, 3.05) is 37.3 Å². The van der Waals surface area contributed by atoms with Gasteiger partial charge in [-0.25, -0.2) is 18.7 Å². The third-order valence-corrected chi connectivity index (χ3v) is 5.14. The fourth-order valence-corrected chi connectivity index (χ4v) is 3.74. The third kappa shape index (κ3) is 5.28. The van der Waals surface area contributed by atoms with Crippen LogP contribution in [0.5, 0.6) is 11.6 Å². The molecule has 1 aliphatic heterocycles. The molecule has 3 aromatic rings. The molecule has 0 unspecified atom stereocenters. The highest BCUT2D eigenvalue weighted by molar-refractivity contribution is 5.72. The van der Waals surface area contributed by atoms with Gasteiger partial charge in [0.05, 0.1) is 25.5 Å². The molecule has 3 heterocycles. The molecule has 0 amide bonds. The summed E-state index contributed by atoms with van der Waals surface area (Å²) < 4.78 is 42.9. The lowest BCUT2D eigenvalue weighted by atomic mass is 10.1. The van der Waals surface area contributed by atoms with Crippen LogP contribution in [0.25, 0.3) is 11.1 Å². The van der Waals surface area contributed by atoms with Crippen LogP contribution in [0.3, 0.4) is 0 Å². The van der Waals surface area contributed by atoms with E-state index < -0.39 is 12.7 Å². The Morgan fingerprint density at radius 1 is 1.09 bits per heavy atom. The summed E-state index contributed by atoms with van der Waals surface area (Å²) in [7, 11) is 1.48. The molecule has 0 saturated carbocycles. The number of anilines is 3. The Morgan fingerprint density at radius 2 is 1.82 bits per heavy atom. The molecule has 0 bridgehead atoms. The average Bonchev–Trinajstić information content (AvgIpc) is 2.80. The molecule has 8 nitrogen and oxygen atoms in total. The van der Waals surface area contributed by atoms with Gasteiger partial charge in [-0.05, 0) is 37.6 Å². The maximum atomic E-state index is 14.6. The van der Waals surface area contributed by atoms with E-state index in [1.807, 2.05) is 18.7 Å². The molecule has 1 aromatic carbocycles. The lowest BCUT2D eigenvalue weighted by Crippen LogP contribution is -2.46. The molecular formula is C23H25F2N5O3. The van der Waals surface area contributed by atoms with E-state index in [0.717, 1.165) is 17.3 Å². The number of ether oxygens (including phenoxy) is 3. The van der Waals surface area contributed by atoms with Gasteiger partial charge in [0.15, 0.2) is 11.6 Å². The number of methoxy groups -OCH3 is 1. The van der Waals surface area contributed by atoms with Gasteiger partial charge in [0.25, 0.3) is 0 Å². The van der Waals surface area contributed by atoms with Crippen molar-refractivity contribution < 1.29 is 23.0 Å². The quantitative estimate of drug-likeness (QED) is 0.561. The van der Waals surface area contributed by atoms with Crippen molar-refractivity contribution in [2.24, 2.45) is 0 Å². The van der Waals surface area contributed by atoms with E-state index in [4.69, 9.17) is 14.2 Å². The summed E-state index contributed by atoms with van der Waals surface area (Å²) in [6, 6.07) is 8.65. The van der Waals surface area contributed by atoms with Gasteiger partial charge in [0.2, 0.25) is 18.7 Å². The first-order chi connectivity index (χ1) is 16.0. The minimum Gasteiger partial charge on any atom is -0.480 e. The zero-order valence-corrected chi connectivity index (χ0v) is 18.6. The number of alkyl halides is 1. The van der Waals surface area contributed by atoms with Crippen LogP contribution in [0.4, 0.5) is 26.2 Å². The van der Waals surface area contributed by atoms with Gasteiger partial charge < -0.3 is 24.4 Å². The number of morpholine rings is 1. The van der Waals surface area contributed by atoms with E-state index in [9.17, 15) is 8.78 Å². The number of nitrogens with zero attached hydrogens (tertiary/aromatic N) is 4. The number of hydrogen-bond donors (Lipinski definition) is 1. The Kier molecular flexibility index (Phi) is 6.83. The molecule has 174 valence electrons. The van der Waals surface area contributed by atoms with Crippen molar-refractivity contribution in [1.29, 1.82) is 0 Å². The fraction of sp³-hybridized carbons (Fsp3) is 0.348. The van der Waals surface area contributed by atoms with Crippen molar-refractivity contribution in [3.8, 4) is 22.8 Å². The summed E-state index contributed by atoms with van der Waals surface area (Å²) in [5.41, 5.74) is 2.00. The zero-order valence-electron chi connectivity index (χ0n) is 18.6. The summed E-state index contributed by atoms with van der Waals surface area (Å²) in [5.74, 6) is 0.518. The Balaban J connectivity index is 1.62. The molecule has 2 atom stereocenters. The van der Waals surface area contributed by atoms with E-state index in [1.54, 1.807) is 36.5 Å². The zero-order chi connectivity index (χ0) is 23.4. The second kappa shape index (κ2) is 9.95. The number of nitrogens with one attached hydrogen (secondary N) is 1. The largest absolute Gasteiger partial charge is 0.480 e. The predicted molar refractivity (Wildman–Crippen MR) is 120 cm³/mol. The second-order valence-corrected chi connectivity index (χ2v) is 7.71. The van der Waals surface area contributed by atoms with Gasteiger partial charge in [-0.2, -0.15) is 4.98 Å². The lowest BCUT2D eigenvalue weighted by molar-refractivity contribution is -0.00572. The smallest absolute Gasteiger partial charge is 0.237 e. The van der Waals surface area contributed by atoms with Crippen molar-refractivity contribution in [2.45, 2.75) is 26.1 Å². The first-order valence-corrected chi connectivity index (χ1v) is 10.5. The number of hydrogen-bond acceptors (Lipinski definition) is 8. The molecule has 33 heavy (non-hydrogen) atoms. The summed E-state index contributed by atoms with van der Waals surface area (Å²) in [6.45, 7) is 4.27.